The lowest BCUT2D eigenvalue weighted by Crippen LogP contribution is -2.22. The number of thiophene rings is 1. The molecule has 1 aliphatic heterocycles. The normalized spacial score (nSPS) is 14.1. The van der Waals surface area contributed by atoms with Gasteiger partial charge in [0.25, 0.3) is 0 Å². The zero-order valence-corrected chi connectivity index (χ0v) is 17.1. The Morgan fingerprint density at radius 1 is 1.07 bits per heavy atom. The fourth-order valence-electron chi connectivity index (χ4n) is 3.18. The van der Waals surface area contributed by atoms with Crippen molar-refractivity contribution in [2.45, 2.75) is 31.8 Å². The number of nitrogens with zero attached hydrogens (tertiary/aromatic N) is 4. The number of carbonyl (C=O) groups excluding carboxylic acids is 1. The number of benzene rings is 1. The van der Waals surface area contributed by atoms with Crippen molar-refractivity contribution in [2.75, 3.05) is 23.7 Å². The summed E-state index contributed by atoms with van der Waals surface area (Å²) in [4.78, 5) is 16.7. The SMILES string of the molecule is Cc1ccc(-n2c(SCC(=O)c3ccc(C)s3)nnc2N2CCCC2)cc1. The monoisotopic (exact) mass is 398 g/mol. The number of anilines is 1. The highest BCUT2D eigenvalue weighted by Gasteiger charge is 2.23. The summed E-state index contributed by atoms with van der Waals surface area (Å²) in [7, 11) is 0. The summed E-state index contributed by atoms with van der Waals surface area (Å²) < 4.78 is 2.09. The Kier molecular flexibility index (Phi) is 5.31. The molecular weight excluding hydrogens is 376 g/mol. The first-order chi connectivity index (χ1) is 13.1. The lowest BCUT2D eigenvalue weighted by Gasteiger charge is -2.18. The van der Waals surface area contributed by atoms with Crippen LogP contribution in [-0.4, -0.2) is 39.4 Å². The molecule has 0 spiro atoms. The third kappa shape index (κ3) is 3.94. The van der Waals surface area contributed by atoms with Crippen molar-refractivity contribution >= 4 is 34.8 Å². The van der Waals surface area contributed by atoms with Gasteiger partial charge in [0, 0.05) is 18.0 Å². The van der Waals surface area contributed by atoms with Crippen molar-refractivity contribution in [1.82, 2.24) is 14.8 Å². The van der Waals surface area contributed by atoms with Crippen LogP contribution in [0, 0.1) is 13.8 Å². The molecule has 3 aromatic rings. The van der Waals surface area contributed by atoms with Gasteiger partial charge in [0.1, 0.15) is 0 Å². The Labute approximate surface area is 167 Å². The first-order valence-corrected chi connectivity index (χ1v) is 10.9. The molecule has 1 saturated heterocycles. The molecule has 7 heteroatoms. The van der Waals surface area contributed by atoms with Crippen LogP contribution in [0.3, 0.4) is 0 Å². The summed E-state index contributed by atoms with van der Waals surface area (Å²) in [6.45, 7) is 6.10. The van der Waals surface area contributed by atoms with Crippen LogP contribution in [0.4, 0.5) is 5.95 Å². The highest BCUT2D eigenvalue weighted by molar-refractivity contribution is 7.99. The number of carbonyl (C=O) groups is 1. The smallest absolute Gasteiger partial charge is 0.232 e. The van der Waals surface area contributed by atoms with Gasteiger partial charge in [-0.3, -0.25) is 9.36 Å². The fraction of sp³-hybridized carbons (Fsp3) is 0.350. The fourth-order valence-corrected chi connectivity index (χ4v) is 4.91. The zero-order chi connectivity index (χ0) is 18.8. The Balaban J connectivity index is 1.61. The Hall–Kier alpha value is -2.12. The standard InChI is InChI=1S/C20H22N4OS2/c1-14-5-8-16(9-6-14)24-19(23-11-3-4-12-23)21-22-20(24)26-13-17(25)18-10-7-15(2)27-18/h5-10H,3-4,11-13H2,1-2H3. The Bertz CT molecular complexity index is 939. The van der Waals surface area contributed by atoms with E-state index < -0.39 is 0 Å². The Morgan fingerprint density at radius 2 is 1.81 bits per heavy atom. The number of thioether (sulfide) groups is 1. The maximum absolute atomic E-state index is 12.5. The number of hydrogen-bond acceptors (Lipinski definition) is 6. The molecule has 1 aliphatic rings. The van der Waals surface area contributed by atoms with Crippen molar-refractivity contribution in [2.24, 2.45) is 0 Å². The van der Waals surface area contributed by atoms with E-state index in [1.807, 2.05) is 19.1 Å². The van der Waals surface area contributed by atoms with E-state index in [1.165, 1.54) is 30.2 Å². The number of aryl methyl sites for hydroxylation is 2. The molecule has 0 radical (unpaired) electrons. The molecule has 0 aliphatic carbocycles. The first-order valence-electron chi connectivity index (χ1n) is 9.11. The lowest BCUT2D eigenvalue weighted by atomic mass is 10.2. The van der Waals surface area contributed by atoms with Crippen LogP contribution in [0.2, 0.25) is 0 Å². The molecular formula is C20H22N4OS2. The highest BCUT2D eigenvalue weighted by atomic mass is 32.2. The summed E-state index contributed by atoms with van der Waals surface area (Å²) in [5.74, 6) is 1.38. The van der Waals surface area contributed by atoms with E-state index in [4.69, 9.17) is 0 Å². The van der Waals surface area contributed by atoms with Crippen LogP contribution >= 0.6 is 23.1 Å². The van der Waals surface area contributed by atoms with Gasteiger partial charge in [0.15, 0.2) is 10.9 Å². The minimum absolute atomic E-state index is 0.138. The summed E-state index contributed by atoms with van der Waals surface area (Å²) in [5.41, 5.74) is 2.25. The van der Waals surface area contributed by atoms with Gasteiger partial charge in [-0.1, -0.05) is 29.5 Å². The third-order valence-corrected chi connectivity index (χ3v) is 6.62. The molecule has 0 atom stereocenters. The average Bonchev–Trinajstić information content (AvgIpc) is 3.40. The van der Waals surface area contributed by atoms with Crippen LogP contribution in [0.15, 0.2) is 41.6 Å². The lowest BCUT2D eigenvalue weighted by molar-refractivity contribution is 0.102. The molecule has 140 valence electrons. The predicted octanol–water partition coefficient (Wildman–Crippen LogP) is 4.52. The van der Waals surface area contributed by atoms with E-state index in [0.717, 1.165) is 39.6 Å². The number of hydrogen-bond donors (Lipinski definition) is 0. The van der Waals surface area contributed by atoms with Gasteiger partial charge in [-0.05, 0) is 51.0 Å². The van der Waals surface area contributed by atoms with Gasteiger partial charge in [-0.25, -0.2) is 0 Å². The molecule has 0 amide bonds. The summed E-state index contributed by atoms with van der Waals surface area (Å²) in [5, 5.41) is 9.64. The van der Waals surface area contributed by atoms with Crippen LogP contribution in [-0.2, 0) is 0 Å². The van der Waals surface area contributed by atoms with Crippen LogP contribution < -0.4 is 4.90 Å². The van der Waals surface area contributed by atoms with Crippen LogP contribution in [0.1, 0.15) is 33.0 Å². The van der Waals surface area contributed by atoms with E-state index in [9.17, 15) is 4.79 Å². The second kappa shape index (κ2) is 7.86. The molecule has 0 unspecified atom stereocenters. The van der Waals surface area contributed by atoms with E-state index in [-0.39, 0.29) is 5.78 Å². The molecule has 1 aromatic carbocycles. The van der Waals surface area contributed by atoms with Crippen molar-refractivity contribution in [1.29, 1.82) is 0 Å². The summed E-state index contributed by atoms with van der Waals surface area (Å²) >= 11 is 3.00. The van der Waals surface area contributed by atoms with Gasteiger partial charge in [0.2, 0.25) is 5.95 Å². The van der Waals surface area contributed by atoms with Crippen molar-refractivity contribution in [3.63, 3.8) is 0 Å². The quantitative estimate of drug-likeness (QED) is 0.451. The molecule has 4 rings (SSSR count). The summed E-state index contributed by atoms with van der Waals surface area (Å²) in [6, 6.07) is 12.3. The Morgan fingerprint density at radius 3 is 2.48 bits per heavy atom. The second-order valence-electron chi connectivity index (χ2n) is 6.77. The molecule has 0 bridgehead atoms. The first kappa shape index (κ1) is 18.3. The van der Waals surface area contributed by atoms with Gasteiger partial charge in [-0.15, -0.1) is 21.5 Å². The third-order valence-electron chi connectivity index (χ3n) is 4.64. The number of Topliss-reactive ketones (excluding diaryl/α,β-unsaturated/α-hetero) is 1. The van der Waals surface area contributed by atoms with Gasteiger partial charge in [-0.2, -0.15) is 0 Å². The van der Waals surface area contributed by atoms with E-state index in [1.54, 1.807) is 11.3 Å². The minimum atomic E-state index is 0.138. The largest absolute Gasteiger partial charge is 0.341 e. The predicted molar refractivity (Wildman–Crippen MR) is 112 cm³/mol. The maximum Gasteiger partial charge on any atom is 0.232 e. The molecule has 1 fully saturated rings. The summed E-state index contributed by atoms with van der Waals surface area (Å²) in [6.07, 6.45) is 2.36. The average molecular weight is 399 g/mol. The number of ketones is 1. The molecule has 3 heterocycles. The van der Waals surface area contributed by atoms with Crippen molar-refractivity contribution in [3.8, 4) is 5.69 Å². The van der Waals surface area contributed by atoms with E-state index in [2.05, 4.69) is 50.9 Å². The highest BCUT2D eigenvalue weighted by Crippen LogP contribution is 2.29. The van der Waals surface area contributed by atoms with E-state index in [0.29, 0.717) is 5.75 Å². The minimum Gasteiger partial charge on any atom is -0.341 e. The topological polar surface area (TPSA) is 51.0 Å². The number of rotatable bonds is 6. The maximum atomic E-state index is 12.5. The van der Waals surface area contributed by atoms with Gasteiger partial charge in [0.05, 0.1) is 16.3 Å². The zero-order valence-electron chi connectivity index (χ0n) is 15.5. The molecule has 0 saturated carbocycles. The van der Waals surface area contributed by atoms with Crippen molar-refractivity contribution in [3.05, 3.63) is 51.7 Å². The van der Waals surface area contributed by atoms with Crippen LogP contribution in [0.5, 0.6) is 0 Å². The molecule has 2 aromatic heterocycles. The molecule has 27 heavy (non-hydrogen) atoms. The molecule has 0 N–H and O–H groups in total. The molecule has 5 nitrogen and oxygen atoms in total. The van der Waals surface area contributed by atoms with E-state index >= 15 is 0 Å². The van der Waals surface area contributed by atoms with Gasteiger partial charge >= 0.3 is 0 Å². The van der Waals surface area contributed by atoms with Gasteiger partial charge < -0.3 is 4.90 Å². The number of aromatic nitrogens is 3. The van der Waals surface area contributed by atoms with Crippen molar-refractivity contribution < 1.29 is 4.79 Å². The van der Waals surface area contributed by atoms with Crippen LogP contribution in [0.25, 0.3) is 5.69 Å². The second-order valence-corrected chi connectivity index (χ2v) is 9.00.